The molecular weight excluding hydrogens is 382 g/mol. The summed E-state index contributed by atoms with van der Waals surface area (Å²) in [5.41, 5.74) is 0.203. The molecule has 9 heteroatoms. The average Bonchev–Trinajstić information content (AvgIpc) is 3.17. The second-order valence-electron chi connectivity index (χ2n) is 7.27. The van der Waals surface area contributed by atoms with E-state index in [2.05, 4.69) is 4.98 Å². The van der Waals surface area contributed by atoms with Crippen LogP contribution in [0, 0.1) is 11.6 Å². The maximum absolute atomic E-state index is 14.6. The number of hydrogen-bond donors (Lipinski definition) is 0. The summed E-state index contributed by atoms with van der Waals surface area (Å²) < 4.78 is 35.0. The molecular formula is C20H22F2N4O3. The first-order valence-corrected chi connectivity index (χ1v) is 9.58. The zero-order valence-electron chi connectivity index (χ0n) is 16.3. The highest BCUT2D eigenvalue weighted by Gasteiger charge is 2.33. The molecule has 0 N–H and O–H groups in total. The molecule has 0 spiro atoms. The van der Waals surface area contributed by atoms with E-state index < -0.39 is 17.3 Å². The van der Waals surface area contributed by atoms with Crippen molar-refractivity contribution in [2.75, 3.05) is 42.6 Å². The van der Waals surface area contributed by atoms with Crippen molar-refractivity contribution < 1.29 is 18.3 Å². The van der Waals surface area contributed by atoms with Crippen molar-refractivity contribution in [3.8, 4) is 0 Å². The minimum absolute atomic E-state index is 0.0566. The van der Waals surface area contributed by atoms with Crippen LogP contribution in [0.3, 0.4) is 0 Å². The van der Waals surface area contributed by atoms with E-state index in [4.69, 9.17) is 4.74 Å². The first-order chi connectivity index (χ1) is 13.9. The summed E-state index contributed by atoms with van der Waals surface area (Å²) in [5.74, 6) is -2.27. The van der Waals surface area contributed by atoms with Gasteiger partial charge in [0.2, 0.25) is 11.7 Å². The number of anilines is 2. The lowest BCUT2D eigenvalue weighted by Gasteiger charge is -2.29. The Balaban J connectivity index is 1.70. The highest BCUT2D eigenvalue weighted by atomic mass is 19.1. The molecule has 154 valence electrons. The SMILES string of the molecule is CC(C(=O)N1CCc2c(F)cccc21)c1nc(N2CCOCC2)c(F)c(=O)n1C. The quantitative estimate of drug-likeness (QED) is 0.777. The third-order valence-electron chi connectivity index (χ3n) is 5.56. The van der Waals surface area contributed by atoms with E-state index >= 15 is 0 Å². The van der Waals surface area contributed by atoms with Crippen LogP contribution in [-0.2, 0) is 23.0 Å². The van der Waals surface area contributed by atoms with E-state index in [1.54, 1.807) is 24.0 Å². The summed E-state index contributed by atoms with van der Waals surface area (Å²) in [4.78, 5) is 33.2. The molecule has 1 amide bonds. The fourth-order valence-electron chi connectivity index (χ4n) is 3.92. The number of carbonyl (C=O) groups is 1. The van der Waals surface area contributed by atoms with Gasteiger partial charge in [0.1, 0.15) is 11.6 Å². The molecule has 4 rings (SSSR count). The molecule has 1 atom stereocenters. The van der Waals surface area contributed by atoms with Gasteiger partial charge >= 0.3 is 0 Å². The number of morpholine rings is 1. The van der Waals surface area contributed by atoms with Crippen molar-refractivity contribution in [2.45, 2.75) is 19.3 Å². The van der Waals surface area contributed by atoms with Crippen LogP contribution < -0.4 is 15.4 Å². The van der Waals surface area contributed by atoms with Crippen LogP contribution in [0.25, 0.3) is 0 Å². The van der Waals surface area contributed by atoms with Gasteiger partial charge in [0.25, 0.3) is 5.56 Å². The molecule has 3 heterocycles. The molecule has 1 saturated heterocycles. The molecule has 0 radical (unpaired) electrons. The number of amides is 1. The van der Waals surface area contributed by atoms with E-state index in [0.29, 0.717) is 50.5 Å². The van der Waals surface area contributed by atoms with E-state index in [-0.39, 0.29) is 23.4 Å². The van der Waals surface area contributed by atoms with Gasteiger partial charge in [-0.05, 0) is 25.5 Å². The van der Waals surface area contributed by atoms with Gasteiger partial charge in [-0.2, -0.15) is 4.39 Å². The number of aromatic nitrogens is 2. The molecule has 2 aliphatic heterocycles. The van der Waals surface area contributed by atoms with Crippen molar-refractivity contribution in [2.24, 2.45) is 7.05 Å². The minimum atomic E-state index is -0.939. The second-order valence-corrected chi connectivity index (χ2v) is 7.27. The Bertz CT molecular complexity index is 1020. The molecule has 1 unspecified atom stereocenters. The van der Waals surface area contributed by atoms with Crippen LogP contribution in [0.5, 0.6) is 0 Å². The number of halogens is 2. The Kier molecular flexibility index (Phi) is 5.08. The molecule has 1 fully saturated rings. The maximum Gasteiger partial charge on any atom is 0.291 e. The van der Waals surface area contributed by atoms with Gasteiger partial charge in [0.05, 0.1) is 19.1 Å². The highest BCUT2D eigenvalue weighted by Crippen LogP contribution is 2.32. The number of hydrogen-bond acceptors (Lipinski definition) is 5. The van der Waals surface area contributed by atoms with Crippen LogP contribution in [0.2, 0.25) is 0 Å². The molecule has 7 nitrogen and oxygen atoms in total. The molecule has 0 bridgehead atoms. The molecule has 1 aromatic heterocycles. The smallest absolute Gasteiger partial charge is 0.291 e. The molecule has 2 aromatic rings. The molecule has 1 aromatic carbocycles. The van der Waals surface area contributed by atoms with Crippen molar-refractivity contribution in [3.05, 3.63) is 51.6 Å². The van der Waals surface area contributed by atoms with Crippen molar-refractivity contribution in [1.29, 1.82) is 0 Å². The van der Waals surface area contributed by atoms with Gasteiger partial charge in [0.15, 0.2) is 5.82 Å². The lowest BCUT2D eigenvalue weighted by atomic mass is 10.1. The lowest BCUT2D eigenvalue weighted by molar-refractivity contribution is -0.119. The van der Waals surface area contributed by atoms with E-state index in [9.17, 15) is 18.4 Å². The van der Waals surface area contributed by atoms with Crippen LogP contribution in [0.15, 0.2) is 23.0 Å². The van der Waals surface area contributed by atoms with Crippen molar-refractivity contribution in [1.82, 2.24) is 9.55 Å². The van der Waals surface area contributed by atoms with Gasteiger partial charge in [-0.25, -0.2) is 9.37 Å². The topological polar surface area (TPSA) is 67.7 Å². The largest absolute Gasteiger partial charge is 0.378 e. The maximum atomic E-state index is 14.6. The van der Waals surface area contributed by atoms with Crippen LogP contribution >= 0.6 is 0 Å². The zero-order valence-corrected chi connectivity index (χ0v) is 16.3. The lowest BCUT2D eigenvalue weighted by Crippen LogP contribution is -2.41. The van der Waals surface area contributed by atoms with Crippen molar-refractivity contribution in [3.63, 3.8) is 0 Å². The van der Waals surface area contributed by atoms with E-state index in [1.165, 1.54) is 18.0 Å². The molecule has 2 aliphatic rings. The third-order valence-corrected chi connectivity index (χ3v) is 5.56. The summed E-state index contributed by atoms with van der Waals surface area (Å²) in [6.07, 6.45) is 0.426. The standard InChI is InChI=1S/C20H22F2N4O3/c1-12(19(27)26-7-6-13-14(21)4-3-5-15(13)26)17-23-18(16(22)20(28)24(17)2)25-8-10-29-11-9-25/h3-5,12H,6-11H2,1-2H3. The highest BCUT2D eigenvalue weighted by molar-refractivity contribution is 5.99. The summed E-state index contributed by atoms with van der Waals surface area (Å²) in [7, 11) is 1.40. The Hall–Kier alpha value is -2.81. The Morgan fingerprint density at radius 1 is 1.21 bits per heavy atom. The fraction of sp³-hybridized carbons (Fsp3) is 0.450. The Morgan fingerprint density at radius 3 is 2.66 bits per heavy atom. The monoisotopic (exact) mass is 404 g/mol. The van der Waals surface area contributed by atoms with E-state index in [0.717, 1.165) is 4.57 Å². The van der Waals surface area contributed by atoms with Gasteiger partial charge < -0.3 is 14.5 Å². The molecule has 0 saturated carbocycles. The van der Waals surface area contributed by atoms with Crippen molar-refractivity contribution >= 4 is 17.4 Å². The van der Waals surface area contributed by atoms with Gasteiger partial charge in [-0.15, -0.1) is 0 Å². The van der Waals surface area contributed by atoms with Crippen LogP contribution in [0.1, 0.15) is 24.2 Å². The zero-order chi connectivity index (χ0) is 20.7. The minimum Gasteiger partial charge on any atom is -0.378 e. The predicted molar refractivity (Wildman–Crippen MR) is 103 cm³/mol. The number of carbonyl (C=O) groups excluding carboxylic acids is 1. The van der Waals surface area contributed by atoms with Gasteiger partial charge in [0, 0.05) is 37.9 Å². The summed E-state index contributed by atoms with van der Waals surface area (Å²) in [6.45, 7) is 3.63. The number of nitrogens with zero attached hydrogens (tertiary/aromatic N) is 4. The molecule has 0 aliphatic carbocycles. The van der Waals surface area contributed by atoms with Crippen LogP contribution in [0.4, 0.5) is 20.3 Å². The number of ether oxygens (including phenoxy) is 1. The number of benzene rings is 1. The molecule has 29 heavy (non-hydrogen) atoms. The van der Waals surface area contributed by atoms with E-state index in [1.807, 2.05) is 0 Å². The fourth-order valence-corrected chi connectivity index (χ4v) is 3.92. The van der Waals surface area contributed by atoms with Gasteiger partial charge in [-0.1, -0.05) is 6.07 Å². The van der Waals surface area contributed by atoms with Crippen LogP contribution in [-0.4, -0.2) is 48.3 Å². The summed E-state index contributed by atoms with van der Waals surface area (Å²) in [5, 5.41) is 0. The summed E-state index contributed by atoms with van der Waals surface area (Å²) >= 11 is 0. The Morgan fingerprint density at radius 2 is 1.93 bits per heavy atom. The predicted octanol–water partition coefficient (Wildman–Crippen LogP) is 1.59. The first-order valence-electron chi connectivity index (χ1n) is 9.58. The second kappa shape index (κ2) is 7.55. The average molecular weight is 404 g/mol. The number of fused-ring (bicyclic) bond motifs is 1. The normalized spacial score (nSPS) is 17.4. The first kappa shape index (κ1) is 19.5. The summed E-state index contributed by atoms with van der Waals surface area (Å²) in [6, 6.07) is 4.63. The number of rotatable bonds is 3. The van der Waals surface area contributed by atoms with Gasteiger partial charge in [-0.3, -0.25) is 14.2 Å². The third kappa shape index (κ3) is 3.29. The Labute approximate surface area is 166 Å².